The van der Waals surface area contributed by atoms with Crippen LogP contribution in [-0.2, 0) is 16.1 Å². The van der Waals surface area contributed by atoms with Gasteiger partial charge in [-0.2, -0.15) is 0 Å². The highest BCUT2D eigenvalue weighted by Crippen LogP contribution is 2.16. The van der Waals surface area contributed by atoms with Gasteiger partial charge in [0.05, 0.1) is 0 Å². The molecule has 0 saturated heterocycles. The summed E-state index contributed by atoms with van der Waals surface area (Å²) in [6, 6.07) is 5.86. The van der Waals surface area contributed by atoms with E-state index in [9.17, 15) is 18.8 Å². The van der Waals surface area contributed by atoms with Crippen molar-refractivity contribution in [1.29, 1.82) is 0 Å². The van der Waals surface area contributed by atoms with E-state index in [2.05, 4.69) is 5.32 Å². The first-order valence-corrected chi connectivity index (χ1v) is 9.58. The number of hydrogen-bond acceptors (Lipinski definition) is 4. The first-order chi connectivity index (χ1) is 13.6. The maximum Gasteiger partial charge on any atom is 0.329 e. The predicted molar refractivity (Wildman–Crippen MR) is 107 cm³/mol. The highest BCUT2D eigenvalue weighted by atomic mass is 19.1. The van der Waals surface area contributed by atoms with E-state index in [4.69, 9.17) is 4.74 Å². The normalized spacial score (nSPS) is 12.0. The Bertz CT molecular complexity index is 900. The Morgan fingerprint density at radius 2 is 1.76 bits per heavy atom. The molecule has 1 N–H and O–H groups in total. The van der Waals surface area contributed by atoms with Crippen LogP contribution in [0, 0.1) is 25.6 Å². The summed E-state index contributed by atoms with van der Waals surface area (Å²) in [6.45, 7) is 9.62. The zero-order valence-corrected chi connectivity index (χ0v) is 17.4. The van der Waals surface area contributed by atoms with Crippen molar-refractivity contribution in [1.82, 2.24) is 9.88 Å². The van der Waals surface area contributed by atoms with E-state index in [1.165, 1.54) is 24.3 Å². The third kappa shape index (κ3) is 5.31. The summed E-state index contributed by atoms with van der Waals surface area (Å²) in [4.78, 5) is 37.3. The third-order valence-electron chi connectivity index (χ3n) is 4.85. The Labute approximate surface area is 170 Å². The van der Waals surface area contributed by atoms with Crippen molar-refractivity contribution in [3.63, 3.8) is 0 Å². The van der Waals surface area contributed by atoms with Crippen LogP contribution in [-0.4, -0.2) is 34.9 Å². The van der Waals surface area contributed by atoms with Gasteiger partial charge in [0.1, 0.15) is 11.9 Å². The molecule has 0 aliphatic rings. The largest absolute Gasteiger partial charge is 0.456 e. The number of halogens is 1. The van der Waals surface area contributed by atoms with Gasteiger partial charge < -0.3 is 14.6 Å². The molecule has 156 valence electrons. The molecule has 7 heteroatoms. The highest BCUT2D eigenvalue weighted by Gasteiger charge is 2.27. The van der Waals surface area contributed by atoms with Crippen LogP contribution < -0.4 is 5.32 Å². The highest BCUT2D eigenvalue weighted by molar-refractivity contribution is 6.00. The number of carbonyl (C=O) groups is 3. The van der Waals surface area contributed by atoms with E-state index < -0.39 is 30.3 Å². The quantitative estimate of drug-likeness (QED) is 0.542. The predicted octanol–water partition coefficient (Wildman–Crippen LogP) is 3.44. The molecule has 0 spiro atoms. The van der Waals surface area contributed by atoms with Crippen molar-refractivity contribution in [2.75, 3.05) is 6.61 Å². The average molecular weight is 402 g/mol. The number of aromatic nitrogens is 1. The molecule has 1 aromatic heterocycles. The summed E-state index contributed by atoms with van der Waals surface area (Å²) < 4.78 is 20.2. The number of benzene rings is 1. The van der Waals surface area contributed by atoms with Crippen LogP contribution in [0.4, 0.5) is 4.39 Å². The number of hydrogen-bond donors (Lipinski definition) is 1. The van der Waals surface area contributed by atoms with E-state index in [-0.39, 0.29) is 17.3 Å². The van der Waals surface area contributed by atoms with E-state index in [0.717, 1.165) is 17.9 Å². The first-order valence-electron chi connectivity index (χ1n) is 9.58. The fourth-order valence-electron chi connectivity index (χ4n) is 3.20. The Kier molecular flexibility index (Phi) is 7.31. The van der Waals surface area contributed by atoms with E-state index in [0.29, 0.717) is 5.56 Å². The number of esters is 1. The molecule has 1 aromatic carbocycles. The SMILES string of the molecule is CCn1c(C)cc(C(=O)COC(=O)[C@@H](NC(=O)c2ccc(F)cc2)C(C)C)c1C. The fourth-order valence-corrected chi connectivity index (χ4v) is 3.20. The third-order valence-corrected chi connectivity index (χ3v) is 4.85. The summed E-state index contributed by atoms with van der Waals surface area (Å²) in [7, 11) is 0. The summed E-state index contributed by atoms with van der Waals surface area (Å²) in [5, 5.41) is 2.60. The Morgan fingerprint density at radius 1 is 1.14 bits per heavy atom. The summed E-state index contributed by atoms with van der Waals surface area (Å²) >= 11 is 0. The molecule has 0 saturated carbocycles. The standard InChI is InChI=1S/C22H27FN2O4/c1-6-25-14(4)11-18(15(25)5)19(26)12-29-22(28)20(13(2)3)24-21(27)16-7-9-17(23)10-8-16/h7-11,13,20H,6,12H2,1-5H3,(H,24,27)/t20-/m0/s1. The van der Waals surface area contributed by atoms with Crippen LogP contribution in [0.2, 0.25) is 0 Å². The number of Topliss-reactive ketones (excluding diaryl/α,β-unsaturated/α-hetero) is 1. The molecule has 0 fully saturated rings. The van der Waals surface area contributed by atoms with Gasteiger partial charge in [0.25, 0.3) is 5.91 Å². The number of rotatable bonds is 8. The molecule has 6 nitrogen and oxygen atoms in total. The molecule has 0 bridgehead atoms. The number of ether oxygens (including phenoxy) is 1. The lowest BCUT2D eigenvalue weighted by molar-refractivity contribution is -0.145. The second-order valence-electron chi connectivity index (χ2n) is 7.26. The molecule has 1 amide bonds. The van der Waals surface area contributed by atoms with Crippen LogP contribution in [0.1, 0.15) is 52.9 Å². The summed E-state index contributed by atoms with van der Waals surface area (Å²) in [5.41, 5.74) is 2.55. The van der Waals surface area contributed by atoms with Gasteiger partial charge in [-0.1, -0.05) is 13.8 Å². The summed E-state index contributed by atoms with van der Waals surface area (Å²) in [6.07, 6.45) is 0. The monoisotopic (exact) mass is 402 g/mol. The van der Waals surface area contributed by atoms with Crippen LogP contribution in [0.15, 0.2) is 30.3 Å². The van der Waals surface area contributed by atoms with Crippen molar-refractivity contribution in [2.24, 2.45) is 5.92 Å². The number of carbonyl (C=O) groups excluding carboxylic acids is 3. The fraction of sp³-hybridized carbons (Fsp3) is 0.409. The maximum absolute atomic E-state index is 13.0. The van der Waals surface area contributed by atoms with Crippen LogP contribution in [0.5, 0.6) is 0 Å². The van der Waals surface area contributed by atoms with Crippen molar-refractivity contribution in [3.8, 4) is 0 Å². The Morgan fingerprint density at radius 3 is 2.28 bits per heavy atom. The van der Waals surface area contributed by atoms with E-state index in [1.807, 2.05) is 25.3 Å². The van der Waals surface area contributed by atoms with Gasteiger partial charge in [0, 0.05) is 29.1 Å². The molecule has 0 radical (unpaired) electrons. The zero-order valence-electron chi connectivity index (χ0n) is 17.4. The van der Waals surface area contributed by atoms with Crippen LogP contribution in [0.3, 0.4) is 0 Å². The summed E-state index contributed by atoms with van der Waals surface area (Å²) in [5.74, 6) is -2.21. The lowest BCUT2D eigenvalue weighted by Crippen LogP contribution is -2.45. The lowest BCUT2D eigenvalue weighted by atomic mass is 10.0. The van der Waals surface area contributed by atoms with E-state index >= 15 is 0 Å². The smallest absolute Gasteiger partial charge is 0.329 e. The minimum absolute atomic E-state index is 0.230. The van der Waals surface area contributed by atoms with Gasteiger partial charge in [-0.05, 0) is 57.0 Å². The number of nitrogens with one attached hydrogen (secondary N) is 1. The van der Waals surface area contributed by atoms with Crippen molar-refractivity contribution >= 4 is 17.7 Å². The Hall–Kier alpha value is -2.96. The molecule has 0 aliphatic carbocycles. The second-order valence-corrected chi connectivity index (χ2v) is 7.26. The molecule has 1 atom stereocenters. The molecule has 2 rings (SSSR count). The van der Waals surface area contributed by atoms with E-state index in [1.54, 1.807) is 19.9 Å². The molecule has 0 unspecified atom stereocenters. The van der Waals surface area contributed by atoms with Crippen LogP contribution >= 0.6 is 0 Å². The molecule has 2 aromatic rings. The van der Waals surface area contributed by atoms with Crippen molar-refractivity contribution in [2.45, 2.75) is 47.2 Å². The Balaban J connectivity index is 2.03. The van der Waals surface area contributed by atoms with Gasteiger partial charge in [-0.25, -0.2) is 9.18 Å². The number of amides is 1. The van der Waals surface area contributed by atoms with Crippen LogP contribution in [0.25, 0.3) is 0 Å². The number of ketones is 1. The maximum atomic E-state index is 13.0. The minimum Gasteiger partial charge on any atom is -0.456 e. The molecule has 29 heavy (non-hydrogen) atoms. The second kappa shape index (κ2) is 9.49. The van der Waals surface area contributed by atoms with Gasteiger partial charge in [0.2, 0.25) is 5.78 Å². The topological polar surface area (TPSA) is 77.4 Å². The minimum atomic E-state index is -0.927. The molecule has 1 heterocycles. The zero-order chi connectivity index (χ0) is 21.7. The van der Waals surface area contributed by atoms with Gasteiger partial charge >= 0.3 is 5.97 Å². The van der Waals surface area contributed by atoms with Gasteiger partial charge in [0.15, 0.2) is 6.61 Å². The number of aryl methyl sites for hydroxylation is 1. The molecular formula is C22H27FN2O4. The molecular weight excluding hydrogens is 375 g/mol. The lowest BCUT2D eigenvalue weighted by Gasteiger charge is -2.20. The first kappa shape index (κ1) is 22.3. The van der Waals surface area contributed by atoms with Crippen molar-refractivity contribution < 1.29 is 23.5 Å². The van der Waals surface area contributed by atoms with Gasteiger partial charge in [-0.3, -0.25) is 9.59 Å². The average Bonchev–Trinajstić information content (AvgIpc) is 2.97. The van der Waals surface area contributed by atoms with Crippen molar-refractivity contribution in [3.05, 3.63) is 58.7 Å². The number of nitrogens with zero attached hydrogens (tertiary/aromatic N) is 1. The van der Waals surface area contributed by atoms with Gasteiger partial charge in [-0.15, -0.1) is 0 Å². The molecule has 0 aliphatic heterocycles.